The molecular weight excluding hydrogens is 270 g/mol. The number of amides is 2. The van der Waals surface area contributed by atoms with E-state index in [1.807, 2.05) is 0 Å². The van der Waals surface area contributed by atoms with E-state index in [1.165, 1.54) is 19.4 Å². The Hall–Kier alpha value is -1.96. The first-order chi connectivity index (χ1) is 8.92. The maximum Gasteiger partial charge on any atom is 0.307 e. The van der Waals surface area contributed by atoms with E-state index in [2.05, 4.69) is 20.4 Å². The molecule has 0 aliphatic rings. The summed E-state index contributed by atoms with van der Waals surface area (Å²) >= 11 is 1.16. The van der Waals surface area contributed by atoms with E-state index < -0.39 is 11.9 Å². The molecule has 0 aromatic carbocycles. The van der Waals surface area contributed by atoms with E-state index >= 15 is 0 Å². The van der Waals surface area contributed by atoms with Crippen LogP contribution in [0.5, 0.6) is 0 Å². The largest absolute Gasteiger partial charge is 0.469 e. The van der Waals surface area contributed by atoms with Crippen LogP contribution in [0.25, 0.3) is 0 Å². The Morgan fingerprint density at radius 2 is 2.16 bits per heavy atom. The Balaban J connectivity index is 2.55. The first kappa shape index (κ1) is 15.1. The number of nitrogens with zero attached hydrogens (tertiary/aromatic N) is 1. The summed E-state index contributed by atoms with van der Waals surface area (Å²) < 4.78 is 4.50. The molecule has 0 bridgehead atoms. The van der Waals surface area contributed by atoms with Crippen LogP contribution in [-0.4, -0.2) is 35.9 Å². The minimum Gasteiger partial charge on any atom is -0.469 e. The number of thiazole rings is 1. The number of hydrogen-bond acceptors (Lipinski definition) is 6. The average Bonchev–Trinajstić information content (AvgIpc) is 2.76. The van der Waals surface area contributed by atoms with Crippen LogP contribution >= 0.6 is 11.3 Å². The van der Waals surface area contributed by atoms with E-state index in [4.69, 9.17) is 0 Å². The van der Waals surface area contributed by atoms with Crippen LogP contribution in [0.4, 0.5) is 5.13 Å². The van der Waals surface area contributed by atoms with E-state index in [-0.39, 0.29) is 24.1 Å². The predicted octanol–water partition coefficient (Wildman–Crippen LogP) is 0.783. The summed E-state index contributed by atoms with van der Waals surface area (Å²) in [7, 11) is 1.29. The van der Waals surface area contributed by atoms with Crippen LogP contribution in [-0.2, 0) is 14.3 Å². The third-order valence-electron chi connectivity index (χ3n) is 2.10. The van der Waals surface area contributed by atoms with Crippen molar-refractivity contribution in [1.82, 2.24) is 10.3 Å². The van der Waals surface area contributed by atoms with E-state index in [1.54, 1.807) is 6.92 Å². The van der Waals surface area contributed by atoms with Crippen molar-refractivity contribution in [2.75, 3.05) is 12.4 Å². The van der Waals surface area contributed by atoms with Crippen molar-refractivity contribution in [2.24, 2.45) is 0 Å². The van der Waals surface area contributed by atoms with Gasteiger partial charge in [-0.15, -0.1) is 11.3 Å². The van der Waals surface area contributed by atoms with Crippen LogP contribution < -0.4 is 10.6 Å². The molecule has 8 heteroatoms. The van der Waals surface area contributed by atoms with Gasteiger partial charge in [0.1, 0.15) is 5.69 Å². The fourth-order valence-corrected chi connectivity index (χ4v) is 2.00. The molecule has 104 valence electrons. The number of rotatable bonds is 5. The van der Waals surface area contributed by atoms with Gasteiger partial charge in [0, 0.05) is 18.3 Å². The molecule has 1 unspecified atom stereocenters. The number of aromatic nitrogens is 1. The number of carbonyl (C=O) groups excluding carboxylic acids is 3. The lowest BCUT2D eigenvalue weighted by atomic mass is 10.2. The monoisotopic (exact) mass is 285 g/mol. The molecule has 0 aliphatic heterocycles. The molecule has 1 atom stereocenters. The van der Waals surface area contributed by atoms with Crippen molar-refractivity contribution in [1.29, 1.82) is 0 Å². The van der Waals surface area contributed by atoms with Gasteiger partial charge in [0.15, 0.2) is 5.13 Å². The SMILES string of the molecule is COC(=O)CC(C)NC(=O)c1csc(NC(C)=O)n1. The van der Waals surface area contributed by atoms with Crippen LogP contribution in [0.1, 0.15) is 30.8 Å². The zero-order valence-corrected chi connectivity index (χ0v) is 11.7. The molecule has 0 saturated carbocycles. The highest BCUT2D eigenvalue weighted by atomic mass is 32.1. The van der Waals surface area contributed by atoms with Crippen LogP contribution in [0.15, 0.2) is 5.38 Å². The average molecular weight is 285 g/mol. The topological polar surface area (TPSA) is 97.4 Å². The molecule has 19 heavy (non-hydrogen) atoms. The predicted molar refractivity (Wildman–Crippen MR) is 70.0 cm³/mol. The van der Waals surface area contributed by atoms with E-state index in [9.17, 15) is 14.4 Å². The van der Waals surface area contributed by atoms with Crippen molar-refractivity contribution in [3.8, 4) is 0 Å². The normalized spacial score (nSPS) is 11.5. The molecule has 1 rings (SSSR count). The third kappa shape index (κ3) is 5.04. The van der Waals surface area contributed by atoms with Gasteiger partial charge < -0.3 is 15.4 Å². The number of methoxy groups -OCH3 is 1. The lowest BCUT2D eigenvalue weighted by Gasteiger charge is -2.11. The van der Waals surface area contributed by atoms with Crippen molar-refractivity contribution in [3.63, 3.8) is 0 Å². The maximum absolute atomic E-state index is 11.8. The Bertz CT molecular complexity index is 486. The molecule has 1 aromatic heterocycles. The Kier molecular flexibility index (Phi) is 5.43. The fraction of sp³-hybridized carbons (Fsp3) is 0.455. The molecule has 1 aromatic rings. The standard InChI is InChI=1S/C11H15N3O4S/c1-6(4-9(16)18-3)12-10(17)8-5-19-11(14-8)13-7(2)15/h5-6H,4H2,1-3H3,(H,12,17)(H,13,14,15). The zero-order chi connectivity index (χ0) is 14.4. The molecule has 1 heterocycles. The van der Waals surface area contributed by atoms with Crippen LogP contribution in [0, 0.1) is 0 Å². The van der Waals surface area contributed by atoms with Gasteiger partial charge in [-0.3, -0.25) is 14.4 Å². The van der Waals surface area contributed by atoms with Gasteiger partial charge in [-0.2, -0.15) is 0 Å². The molecule has 0 radical (unpaired) electrons. The summed E-state index contributed by atoms with van der Waals surface area (Å²) in [6.07, 6.45) is 0.0882. The molecule has 7 nitrogen and oxygen atoms in total. The third-order valence-corrected chi connectivity index (χ3v) is 2.86. The van der Waals surface area contributed by atoms with Gasteiger partial charge in [0.25, 0.3) is 5.91 Å². The van der Waals surface area contributed by atoms with Gasteiger partial charge in [0.2, 0.25) is 5.91 Å². The Morgan fingerprint density at radius 3 is 2.74 bits per heavy atom. The summed E-state index contributed by atoms with van der Waals surface area (Å²) in [4.78, 5) is 37.6. The van der Waals surface area contributed by atoms with E-state index in [0.717, 1.165) is 11.3 Å². The van der Waals surface area contributed by atoms with Crippen molar-refractivity contribution in [2.45, 2.75) is 26.3 Å². The van der Waals surface area contributed by atoms with Crippen molar-refractivity contribution < 1.29 is 19.1 Å². The molecular formula is C11H15N3O4S. The Morgan fingerprint density at radius 1 is 1.47 bits per heavy atom. The lowest BCUT2D eigenvalue weighted by Crippen LogP contribution is -2.34. The number of nitrogens with one attached hydrogen (secondary N) is 2. The first-order valence-electron chi connectivity index (χ1n) is 5.53. The van der Waals surface area contributed by atoms with Gasteiger partial charge in [-0.05, 0) is 6.92 Å². The Labute approximate surface area is 114 Å². The highest BCUT2D eigenvalue weighted by molar-refractivity contribution is 7.14. The molecule has 0 aliphatic carbocycles. The summed E-state index contributed by atoms with van der Waals surface area (Å²) in [6.45, 7) is 3.05. The smallest absolute Gasteiger partial charge is 0.307 e. The fourth-order valence-electron chi connectivity index (χ4n) is 1.27. The maximum atomic E-state index is 11.8. The van der Waals surface area contributed by atoms with Crippen LogP contribution in [0.2, 0.25) is 0 Å². The van der Waals surface area contributed by atoms with Gasteiger partial charge in [-0.25, -0.2) is 4.98 Å². The van der Waals surface area contributed by atoms with Crippen LogP contribution in [0.3, 0.4) is 0 Å². The quantitative estimate of drug-likeness (QED) is 0.779. The zero-order valence-electron chi connectivity index (χ0n) is 10.9. The highest BCUT2D eigenvalue weighted by Gasteiger charge is 2.16. The minimum absolute atomic E-state index is 0.0882. The molecule has 0 saturated heterocycles. The summed E-state index contributed by atoms with van der Waals surface area (Å²) in [5.41, 5.74) is 0.200. The molecule has 2 amide bonds. The number of ether oxygens (including phenoxy) is 1. The first-order valence-corrected chi connectivity index (χ1v) is 6.41. The second kappa shape index (κ2) is 6.83. The molecule has 0 spiro atoms. The van der Waals surface area contributed by atoms with Gasteiger partial charge in [-0.1, -0.05) is 0 Å². The molecule has 0 fully saturated rings. The number of anilines is 1. The molecule has 2 N–H and O–H groups in total. The summed E-state index contributed by atoms with van der Waals surface area (Å²) in [5.74, 6) is -1.05. The van der Waals surface area contributed by atoms with E-state index in [0.29, 0.717) is 5.13 Å². The number of hydrogen-bond donors (Lipinski definition) is 2. The van der Waals surface area contributed by atoms with Crippen molar-refractivity contribution >= 4 is 34.3 Å². The second-order valence-electron chi connectivity index (χ2n) is 3.87. The van der Waals surface area contributed by atoms with Gasteiger partial charge >= 0.3 is 5.97 Å². The minimum atomic E-state index is -0.399. The number of esters is 1. The highest BCUT2D eigenvalue weighted by Crippen LogP contribution is 2.15. The van der Waals surface area contributed by atoms with Crippen molar-refractivity contribution in [3.05, 3.63) is 11.1 Å². The number of carbonyl (C=O) groups is 3. The second-order valence-corrected chi connectivity index (χ2v) is 4.73. The summed E-state index contributed by atoms with van der Waals surface area (Å²) in [5, 5.41) is 7.00. The van der Waals surface area contributed by atoms with Gasteiger partial charge in [0.05, 0.1) is 13.5 Å². The lowest BCUT2D eigenvalue weighted by molar-refractivity contribution is -0.141. The summed E-state index contributed by atoms with van der Waals surface area (Å²) in [6, 6.07) is -0.356.